The van der Waals surface area contributed by atoms with E-state index in [1.165, 1.54) is 4.70 Å². The summed E-state index contributed by atoms with van der Waals surface area (Å²) in [5, 5.41) is 3.06. The molecule has 1 aromatic heterocycles. The number of rotatable bonds is 1. The molecule has 0 amide bonds. The minimum atomic E-state index is -0.302. The van der Waals surface area contributed by atoms with E-state index in [2.05, 4.69) is 6.07 Å². The number of benzene rings is 1. The Morgan fingerprint density at radius 2 is 1.87 bits per heavy atom. The zero-order valence-electron chi connectivity index (χ0n) is 9.20. The molecule has 0 saturated carbocycles. The first kappa shape index (κ1) is 10.4. The number of carbonyl (C=O) groups excluding carboxylic acids is 1. The molecule has 1 nitrogen and oxygen atoms in total. The van der Waals surface area contributed by atoms with E-state index < -0.39 is 0 Å². The van der Waals surface area contributed by atoms with Gasteiger partial charge in [0.2, 0.25) is 0 Å². The highest BCUT2D eigenvalue weighted by molar-refractivity contribution is 7.17. The summed E-state index contributed by atoms with van der Waals surface area (Å²) in [5.41, 5.74) is 0.562. The van der Waals surface area contributed by atoms with Crippen molar-refractivity contribution in [3.05, 3.63) is 35.2 Å². The molecular weight excluding hydrogens is 204 g/mol. The molecule has 1 aromatic carbocycles. The summed E-state index contributed by atoms with van der Waals surface area (Å²) in [4.78, 5) is 12.1. The maximum atomic E-state index is 12.1. The molecule has 0 N–H and O–H groups in total. The van der Waals surface area contributed by atoms with E-state index in [0.29, 0.717) is 0 Å². The molecule has 2 rings (SSSR count). The molecule has 0 spiro atoms. The molecule has 0 radical (unpaired) electrons. The van der Waals surface area contributed by atoms with Crippen molar-refractivity contribution < 1.29 is 4.79 Å². The lowest BCUT2D eigenvalue weighted by Gasteiger charge is -2.15. The van der Waals surface area contributed by atoms with Crippen molar-refractivity contribution in [2.45, 2.75) is 20.8 Å². The lowest BCUT2D eigenvalue weighted by atomic mass is 9.86. The molecule has 15 heavy (non-hydrogen) atoms. The van der Waals surface area contributed by atoms with Crippen LogP contribution in [0.3, 0.4) is 0 Å². The fraction of sp³-hybridized carbons (Fsp3) is 0.308. The van der Waals surface area contributed by atoms with Gasteiger partial charge in [-0.3, -0.25) is 4.79 Å². The SMILES string of the molecule is CC(C)(C)C(=O)c1csc2ccccc12. The number of ketones is 1. The highest BCUT2D eigenvalue weighted by atomic mass is 32.1. The molecule has 2 aromatic rings. The predicted octanol–water partition coefficient (Wildman–Crippen LogP) is 4.13. The molecule has 0 bridgehead atoms. The minimum absolute atomic E-state index is 0.222. The van der Waals surface area contributed by atoms with Crippen LogP contribution in [-0.2, 0) is 0 Å². The average molecular weight is 218 g/mol. The Bertz CT molecular complexity index is 502. The van der Waals surface area contributed by atoms with Gasteiger partial charge in [0.05, 0.1) is 0 Å². The summed E-state index contributed by atoms with van der Waals surface area (Å²) in [7, 11) is 0. The van der Waals surface area contributed by atoms with Gasteiger partial charge in [-0.15, -0.1) is 11.3 Å². The van der Waals surface area contributed by atoms with Crippen LogP contribution in [0.25, 0.3) is 10.1 Å². The third kappa shape index (κ3) is 1.82. The molecule has 0 fully saturated rings. The Morgan fingerprint density at radius 3 is 2.53 bits per heavy atom. The van der Waals surface area contributed by atoms with E-state index in [9.17, 15) is 4.79 Å². The van der Waals surface area contributed by atoms with Crippen LogP contribution in [0.15, 0.2) is 29.6 Å². The van der Waals surface area contributed by atoms with Crippen LogP contribution in [0.1, 0.15) is 31.1 Å². The van der Waals surface area contributed by atoms with E-state index in [4.69, 9.17) is 0 Å². The van der Waals surface area contributed by atoms with Crippen LogP contribution in [-0.4, -0.2) is 5.78 Å². The van der Waals surface area contributed by atoms with Gasteiger partial charge in [-0.05, 0) is 6.07 Å². The van der Waals surface area contributed by atoms with Crippen molar-refractivity contribution in [1.82, 2.24) is 0 Å². The van der Waals surface area contributed by atoms with E-state index >= 15 is 0 Å². The van der Waals surface area contributed by atoms with Crippen molar-refractivity contribution in [2.75, 3.05) is 0 Å². The normalized spacial score (nSPS) is 11.9. The van der Waals surface area contributed by atoms with Crippen LogP contribution in [0, 0.1) is 5.41 Å². The Balaban J connectivity index is 2.58. The second-order valence-corrected chi connectivity index (χ2v) is 5.64. The van der Waals surface area contributed by atoms with Crippen LogP contribution in [0.5, 0.6) is 0 Å². The van der Waals surface area contributed by atoms with E-state index in [-0.39, 0.29) is 11.2 Å². The lowest BCUT2D eigenvalue weighted by Crippen LogP contribution is -2.19. The number of fused-ring (bicyclic) bond motifs is 1. The smallest absolute Gasteiger partial charge is 0.169 e. The molecule has 0 atom stereocenters. The molecule has 0 aliphatic heterocycles. The summed E-state index contributed by atoms with van der Waals surface area (Å²) in [6.07, 6.45) is 0. The summed E-state index contributed by atoms with van der Waals surface area (Å²) >= 11 is 1.64. The fourth-order valence-corrected chi connectivity index (χ4v) is 2.50. The molecule has 0 aliphatic rings. The largest absolute Gasteiger partial charge is 0.294 e. The lowest BCUT2D eigenvalue weighted by molar-refractivity contribution is 0.0860. The number of hydrogen-bond acceptors (Lipinski definition) is 2. The predicted molar refractivity (Wildman–Crippen MR) is 65.6 cm³/mol. The first-order chi connectivity index (χ1) is 7.00. The second-order valence-electron chi connectivity index (χ2n) is 4.72. The Labute approximate surface area is 93.7 Å². The third-order valence-corrected chi connectivity index (χ3v) is 3.37. The van der Waals surface area contributed by atoms with Gasteiger partial charge in [0.25, 0.3) is 0 Å². The number of thiophene rings is 1. The van der Waals surface area contributed by atoms with Gasteiger partial charge in [0.15, 0.2) is 5.78 Å². The van der Waals surface area contributed by atoms with Gasteiger partial charge < -0.3 is 0 Å². The van der Waals surface area contributed by atoms with Gasteiger partial charge >= 0.3 is 0 Å². The molecule has 0 aliphatic carbocycles. The monoisotopic (exact) mass is 218 g/mol. The Hall–Kier alpha value is -1.15. The van der Waals surface area contributed by atoms with Crippen molar-refractivity contribution in [1.29, 1.82) is 0 Å². The van der Waals surface area contributed by atoms with Crippen LogP contribution in [0.4, 0.5) is 0 Å². The fourth-order valence-electron chi connectivity index (χ4n) is 1.56. The summed E-state index contributed by atoms with van der Waals surface area (Å²) in [5.74, 6) is 0.222. The summed E-state index contributed by atoms with van der Waals surface area (Å²) in [6.45, 7) is 5.88. The maximum Gasteiger partial charge on any atom is 0.169 e. The zero-order valence-corrected chi connectivity index (χ0v) is 10.0. The number of hydrogen-bond donors (Lipinski definition) is 0. The van der Waals surface area contributed by atoms with Gasteiger partial charge in [0, 0.05) is 26.4 Å². The van der Waals surface area contributed by atoms with Crippen LogP contribution in [0.2, 0.25) is 0 Å². The summed E-state index contributed by atoms with van der Waals surface area (Å²) in [6, 6.07) is 8.06. The van der Waals surface area contributed by atoms with Crippen molar-refractivity contribution in [3.63, 3.8) is 0 Å². The van der Waals surface area contributed by atoms with E-state index in [0.717, 1.165) is 10.9 Å². The van der Waals surface area contributed by atoms with E-state index in [1.807, 2.05) is 44.4 Å². The molecule has 1 heterocycles. The Morgan fingerprint density at radius 1 is 1.20 bits per heavy atom. The van der Waals surface area contributed by atoms with Crippen LogP contribution < -0.4 is 0 Å². The van der Waals surface area contributed by atoms with Gasteiger partial charge in [-0.2, -0.15) is 0 Å². The van der Waals surface area contributed by atoms with Crippen molar-refractivity contribution >= 4 is 27.2 Å². The molecule has 0 saturated heterocycles. The third-order valence-electron chi connectivity index (χ3n) is 2.41. The minimum Gasteiger partial charge on any atom is -0.294 e. The van der Waals surface area contributed by atoms with Crippen LogP contribution >= 0.6 is 11.3 Å². The van der Waals surface area contributed by atoms with Gasteiger partial charge in [0.1, 0.15) is 0 Å². The molecule has 78 valence electrons. The zero-order chi connectivity index (χ0) is 11.1. The summed E-state index contributed by atoms with van der Waals surface area (Å²) < 4.78 is 1.19. The highest BCUT2D eigenvalue weighted by Crippen LogP contribution is 2.30. The van der Waals surface area contributed by atoms with Gasteiger partial charge in [-0.25, -0.2) is 0 Å². The molecule has 0 unspecified atom stereocenters. The standard InChI is InChI=1S/C13H14OS/c1-13(2,3)12(14)10-8-15-11-7-5-4-6-9(10)11/h4-8H,1-3H3. The highest BCUT2D eigenvalue weighted by Gasteiger charge is 2.24. The van der Waals surface area contributed by atoms with Crippen molar-refractivity contribution in [2.24, 2.45) is 5.41 Å². The molecular formula is C13H14OS. The second kappa shape index (κ2) is 3.46. The van der Waals surface area contributed by atoms with Gasteiger partial charge in [-0.1, -0.05) is 39.0 Å². The maximum absolute atomic E-state index is 12.1. The Kier molecular flexibility index (Phi) is 2.39. The first-order valence-electron chi connectivity index (χ1n) is 5.01. The quantitative estimate of drug-likeness (QED) is 0.658. The first-order valence-corrected chi connectivity index (χ1v) is 5.89. The van der Waals surface area contributed by atoms with Crippen molar-refractivity contribution in [3.8, 4) is 0 Å². The number of Topliss-reactive ketones (excluding diaryl/α,β-unsaturated/α-hetero) is 1. The number of carbonyl (C=O) groups is 1. The molecule has 2 heteroatoms. The van der Waals surface area contributed by atoms with E-state index in [1.54, 1.807) is 11.3 Å². The average Bonchev–Trinajstić information content (AvgIpc) is 2.58. The topological polar surface area (TPSA) is 17.1 Å².